The molecule has 1 aliphatic carbocycles. The van der Waals surface area contributed by atoms with Gasteiger partial charge in [0.1, 0.15) is 0 Å². The van der Waals surface area contributed by atoms with Crippen molar-refractivity contribution in [2.24, 2.45) is 0 Å². The Morgan fingerprint density at radius 2 is 2.38 bits per heavy atom. The van der Waals surface area contributed by atoms with Gasteiger partial charge in [-0.1, -0.05) is 17.7 Å². The molecule has 110 valence electrons. The number of nitrogens with zero attached hydrogens (tertiary/aromatic N) is 1. The molecular weight excluding hydrogens is 282 g/mol. The Bertz CT molecular complexity index is 628. The van der Waals surface area contributed by atoms with Crippen LogP contribution in [-0.2, 0) is 0 Å². The van der Waals surface area contributed by atoms with Crippen molar-refractivity contribution in [1.82, 2.24) is 15.5 Å². The van der Waals surface area contributed by atoms with Crippen LogP contribution in [0.3, 0.4) is 0 Å². The highest BCUT2D eigenvalue weighted by Crippen LogP contribution is 2.23. The van der Waals surface area contributed by atoms with Crippen molar-refractivity contribution in [3.05, 3.63) is 40.9 Å². The third kappa shape index (κ3) is 3.61. The molecule has 2 aromatic heterocycles. The van der Waals surface area contributed by atoms with E-state index in [-0.39, 0.29) is 5.91 Å². The van der Waals surface area contributed by atoms with Crippen LogP contribution >= 0.6 is 11.3 Å². The summed E-state index contributed by atoms with van der Waals surface area (Å²) in [6.07, 6.45) is 8.22. The first-order valence-corrected chi connectivity index (χ1v) is 8.26. The summed E-state index contributed by atoms with van der Waals surface area (Å²) in [6, 6.07) is 5.80. The zero-order valence-corrected chi connectivity index (χ0v) is 12.7. The lowest BCUT2D eigenvalue weighted by Gasteiger charge is -2.12. The van der Waals surface area contributed by atoms with E-state index in [1.54, 1.807) is 17.4 Å². The van der Waals surface area contributed by atoms with Crippen LogP contribution in [0.1, 0.15) is 42.6 Å². The van der Waals surface area contributed by atoms with Gasteiger partial charge >= 0.3 is 0 Å². The number of carbonyl (C=O) groups excluding carboxylic acids is 1. The molecule has 3 rings (SSSR count). The van der Waals surface area contributed by atoms with Gasteiger partial charge in [0.2, 0.25) is 0 Å². The van der Waals surface area contributed by atoms with Crippen LogP contribution < -0.4 is 5.32 Å². The van der Waals surface area contributed by atoms with E-state index >= 15 is 0 Å². The fraction of sp³-hybridized carbons (Fsp3) is 0.375. The van der Waals surface area contributed by atoms with Crippen LogP contribution in [0.15, 0.2) is 35.2 Å². The molecule has 5 heteroatoms. The smallest absolute Gasteiger partial charge is 0.271 e. The summed E-state index contributed by atoms with van der Waals surface area (Å²) in [4.78, 5) is 13.2. The molecule has 0 unspecified atom stereocenters. The van der Waals surface area contributed by atoms with Gasteiger partial charge in [0.15, 0.2) is 5.69 Å². The van der Waals surface area contributed by atoms with Crippen molar-refractivity contribution >= 4 is 17.2 Å². The maximum Gasteiger partial charge on any atom is 0.271 e. The number of hydrogen-bond donors (Lipinski definition) is 2. The standard InChI is InChI=1S/C16H19N3OS/c20-16(17-9-8-12-5-2-1-3-6-12)14-11-13(18-19-14)15-7-4-10-21-15/h4-5,7,10-11H,1-3,6,8-9H2,(H,17,20)(H,18,19). The average Bonchev–Trinajstić information content (AvgIpc) is 3.19. The third-order valence-electron chi connectivity index (χ3n) is 3.71. The van der Waals surface area contributed by atoms with Crippen LogP contribution in [0.2, 0.25) is 0 Å². The largest absolute Gasteiger partial charge is 0.350 e. The normalized spacial score (nSPS) is 14.8. The first-order chi connectivity index (χ1) is 10.3. The fourth-order valence-corrected chi connectivity index (χ4v) is 3.25. The Morgan fingerprint density at radius 1 is 1.43 bits per heavy atom. The number of rotatable bonds is 5. The first-order valence-electron chi connectivity index (χ1n) is 7.38. The second kappa shape index (κ2) is 6.72. The van der Waals surface area contributed by atoms with E-state index in [2.05, 4.69) is 21.6 Å². The second-order valence-electron chi connectivity index (χ2n) is 5.26. The van der Waals surface area contributed by atoms with Crippen LogP contribution in [0.5, 0.6) is 0 Å². The second-order valence-corrected chi connectivity index (χ2v) is 6.21. The predicted octanol–water partition coefficient (Wildman–Crippen LogP) is 3.76. The lowest BCUT2D eigenvalue weighted by molar-refractivity contribution is 0.0949. The van der Waals surface area contributed by atoms with Crippen LogP contribution in [0.25, 0.3) is 10.6 Å². The van der Waals surface area contributed by atoms with Crippen LogP contribution in [0.4, 0.5) is 0 Å². The fourth-order valence-electron chi connectivity index (χ4n) is 2.55. The Morgan fingerprint density at radius 3 is 3.14 bits per heavy atom. The highest BCUT2D eigenvalue weighted by Gasteiger charge is 2.12. The van der Waals surface area contributed by atoms with Gasteiger partial charge in [0.25, 0.3) is 5.91 Å². The van der Waals surface area contributed by atoms with Crippen molar-refractivity contribution in [2.45, 2.75) is 32.1 Å². The quantitative estimate of drug-likeness (QED) is 0.826. The third-order valence-corrected chi connectivity index (χ3v) is 4.62. The molecule has 0 spiro atoms. The monoisotopic (exact) mass is 301 g/mol. The molecular formula is C16H19N3OS. The van der Waals surface area contributed by atoms with Crippen molar-refractivity contribution in [2.75, 3.05) is 6.54 Å². The SMILES string of the molecule is O=C(NCCC1=CCCCC1)c1cc(-c2cccs2)[nH]n1. The molecule has 2 N–H and O–H groups in total. The summed E-state index contributed by atoms with van der Waals surface area (Å²) < 4.78 is 0. The summed E-state index contributed by atoms with van der Waals surface area (Å²) in [5.74, 6) is -0.106. The van der Waals surface area contributed by atoms with Gasteiger partial charge in [0, 0.05) is 6.54 Å². The van der Waals surface area contributed by atoms with E-state index in [0.29, 0.717) is 12.2 Å². The van der Waals surface area contributed by atoms with Gasteiger partial charge in [-0.15, -0.1) is 11.3 Å². The van der Waals surface area contributed by atoms with E-state index in [1.807, 2.05) is 17.5 Å². The molecule has 0 aliphatic heterocycles. The van der Waals surface area contributed by atoms with Gasteiger partial charge in [-0.05, 0) is 49.6 Å². The summed E-state index contributed by atoms with van der Waals surface area (Å²) in [6.45, 7) is 0.686. The molecule has 21 heavy (non-hydrogen) atoms. The molecule has 4 nitrogen and oxygen atoms in total. The van der Waals surface area contributed by atoms with Crippen LogP contribution in [0, 0.1) is 0 Å². The minimum absolute atomic E-state index is 0.106. The highest BCUT2D eigenvalue weighted by molar-refractivity contribution is 7.13. The molecule has 0 atom stereocenters. The number of aromatic nitrogens is 2. The topological polar surface area (TPSA) is 57.8 Å². The minimum atomic E-state index is -0.106. The van der Waals surface area contributed by atoms with Gasteiger partial charge in [-0.2, -0.15) is 5.10 Å². The summed E-state index contributed by atoms with van der Waals surface area (Å²) >= 11 is 1.63. The molecule has 0 saturated heterocycles. The molecule has 0 fully saturated rings. The molecule has 2 aromatic rings. The Labute approximate surface area is 128 Å². The molecule has 2 heterocycles. The molecule has 0 aromatic carbocycles. The predicted molar refractivity (Wildman–Crippen MR) is 85.4 cm³/mol. The Hall–Kier alpha value is -1.88. The van der Waals surface area contributed by atoms with Crippen LogP contribution in [-0.4, -0.2) is 22.6 Å². The molecule has 0 bridgehead atoms. The van der Waals surface area contributed by atoms with E-state index in [1.165, 1.54) is 31.3 Å². The lowest BCUT2D eigenvalue weighted by Crippen LogP contribution is -2.25. The lowest BCUT2D eigenvalue weighted by atomic mass is 9.97. The van der Waals surface area contributed by atoms with E-state index in [4.69, 9.17) is 0 Å². The molecule has 0 saturated carbocycles. The minimum Gasteiger partial charge on any atom is -0.350 e. The number of nitrogens with one attached hydrogen (secondary N) is 2. The Kier molecular flexibility index (Phi) is 4.50. The van der Waals surface area contributed by atoms with E-state index in [0.717, 1.165) is 17.0 Å². The van der Waals surface area contributed by atoms with Crippen molar-refractivity contribution in [3.8, 4) is 10.6 Å². The van der Waals surface area contributed by atoms with Gasteiger partial charge < -0.3 is 5.32 Å². The Balaban J connectivity index is 1.52. The molecule has 1 amide bonds. The zero-order valence-electron chi connectivity index (χ0n) is 11.9. The molecule has 0 radical (unpaired) electrons. The summed E-state index contributed by atoms with van der Waals surface area (Å²) in [5.41, 5.74) is 2.82. The van der Waals surface area contributed by atoms with E-state index < -0.39 is 0 Å². The highest BCUT2D eigenvalue weighted by atomic mass is 32.1. The zero-order chi connectivity index (χ0) is 14.5. The maximum absolute atomic E-state index is 12.1. The number of hydrogen-bond acceptors (Lipinski definition) is 3. The van der Waals surface area contributed by atoms with Crippen molar-refractivity contribution in [1.29, 1.82) is 0 Å². The van der Waals surface area contributed by atoms with Gasteiger partial charge in [-0.3, -0.25) is 9.89 Å². The van der Waals surface area contributed by atoms with E-state index in [9.17, 15) is 4.79 Å². The number of aromatic amines is 1. The summed E-state index contributed by atoms with van der Waals surface area (Å²) in [7, 11) is 0. The first kappa shape index (κ1) is 14.1. The number of thiophene rings is 1. The number of allylic oxidation sites excluding steroid dienone is 1. The average molecular weight is 301 g/mol. The van der Waals surface area contributed by atoms with Crippen molar-refractivity contribution in [3.63, 3.8) is 0 Å². The van der Waals surface area contributed by atoms with Crippen molar-refractivity contribution < 1.29 is 4.79 Å². The number of amides is 1. The molecule has 1 aliphatic rings. The van der Waals surface area contributed by atoms with Gasteiger partial charge in [-0.25, -0.2) is 0 Å². The van der Waals surface area contributed by atoms with Gasteiger partial charge in [0.05, 0.1) is 10.6 Å². The maximum atomic E-state index is 12.1. The number of carbonyl (C=O) groups is 1. The number of H-pyrrole nitrogens is 1. The summed E-state index contributed by atoms with van der Waals surface area (Å²) in [5, 5.41) is 12.0.